The summed E-state index contributed by atoms with van der Waals surface area (Å²) in [6, 6.07) is 23.9. The Bertz CT molecular complexity index is 1740. The Morgan fingerprint density at radius 1 is 0.766 bits per heavy atom. The predicted octanol–water partition coefficient (Wildman–Crippen LogP) is 6.90. The number of ether oxygens (including phenoxy) is 4. The second-order valence-corrected chi connectivity index (χ2v) is 11.8. The summed E-state index contributed by atoms with van der Waals surface area (Å²) in [4.78, 5) is 40.3. The zero-order valence-corrected chi connectivity index (χ0v) is 28.0. The molecule has 4 rings (SSSR count). The van der Waals surface area contributed by atoms with Crippen LogP contribution in [0, 0.1) is 0 Å². The maximum absolute atomic E-state index is 13.6. The summed E-state index contributed by atoms with van der Waals surface area (Å²) in [6.07, 6.45) is 1.51. The molecule has 0 spiro atoms. The van der Waals surface area contributed by atoms with Gasteiger partial charge in [0.1, 0.15) is 11.4 Å². The Kier molecular flexibility index (Phi) is 12.1. The third-order valence-corrected chi connectivity index (χ3v) is 8.09. The molecule has 0 aliphatic heterocycles. The van der Waals surface area contributed by atoms with E-state index in [0.717, 1.165) is 4.90 Å². The number of benzene rings is 4. The molecule has 0 aliphatic rings. The van der Waals surface area contributed by atoms with Crippen molar-refractivity contribution in [1.82, 2.24) is 5.32 Å². The third-order valence-electron chi connectivity index (χ3n) is 6.74. The molecule has 0 aliphatic carbocycles. The van der Waals surface area contributed by atoms with Gasteiger partial charge in [-0.1, -0.05) is 29.8 Å². The molecule has 0 heterocycles. The van der Waals surface area contributed by atoms with E-state index in [-0.39, 0.29) is 11.6 Å². The quantitative estimate of drug-likeness (QED) is 0.103. The minimum Gasteiger partial charge on any atom is -0.495 e. The number of hydrogen-bond acceptors (Lipinski definition) is 8. The number of thioether (sulfide) groups is 1. The van der Waals surface area contributed by atoms with Crippen molar-refractivity contribution in [3.8, 4) is 23.0 Å². The standard InChI is InChI=1S/C35H34ClN3O7S/c1-21(33(40)38-27-20-24(36)11-16-29(27)43-2)47-26-14-12-25(13-15-26)37-35(42)28(39-34(41)23-9-7-6-8-10-23)17-22-18-30(44-3)32(46-5)31(19-22)45-4/h6-21H,1-5H3,(H,37,42)(H,38,40)(H,39,41)/b28-17-. The largest absolute Gasteiger partial charge is 0.495 e. The smallest absolute Gasteiger partial charge is 0.272 e. The summed E-state index contributed by atoms with van der Waals surface area (Å²) in [5.41, 5.74) is 1.83. The molecule has 47 heavy (non-hydrogen) atoms. The molecule has 0 radical (unpaired) electrons. The topological polar surface area (TPSA) is 124 Å². The summed E-state index contributed by atoms with van der Waals surface area (Å²) < 4.78 is 21.6. The molecule has 0 saturated heterocycles. The molecule has 0 aromatic heterocycles. The van der Waals surface area contributed by atoms with Gasteiger partial charge in [0.15, 0.2) is 11.5 Å². The van der Waals surface area contributed by atoms with Crippen LogP contribution in [0.15, 0.2) is 95.5 Å². The van der Waals surface area contributed by atoms with Gasteiger partial charge >= 0.3 is 0 Å². The lowest BCUT2D eigenvalue weighted by Crippen LogP contribution is -2.30. The minimum atomic E-state index is -0.563. The first-order valence-electron chi connectivity index (χ1n) is 14.3. The van der Waals surface area contributed by atoms with Crippen LogP contribution in [0.3, 0.4) is 0 Å². The lowest BCUT2D eigenvalue weighted by molar-refractivity contribution is -0.115. The number of carbonyl (C=O) groups is 3. The molecule has 4 aromatic rings. The van der Waals surface area contributed by atoms with Gasteiger partial charge in [0.2, 0.25) is 11.7 Å². The number of carbonyl (C=O) groups excluding carboxylic acids is 3. The number of rotatable bonds is 13. The molecular weight excluding hydrogens is 642 g/mol. The molecule has 0 bridgehead atoms. The van der Waals surface area contributed by atoms with E-state index in [2.05, 4.69) is 16.0 Å². The Morgan fingerprint density at radius 2 is 1.40 bits per heavy atom. The number of methoxy groups -OCH3 is 4. The highest BCUT2D eigenvalue weighted by Crippen LogP contribution is 2.39. The van der Waals surface area contributed by atoms with Crippen molar-refractivity contribution < 1.29 is 33.3 Å². The predicted molar refractivity (Wildman–Crippen MR) is 185 cm³/mol. The Morgan fingerprint density at radius 3 is 2.00 bits per heavy atom. The first kappa shape index (κ1) is 34.7. The molecular formula is C35H34ClN3O7S. The van der Waals surface area contributed by atoms with Gasteiger partial charge in [-0.2, -0.15) is 0 Å². The number of anilines is 2. The highest BCUT2D eigenvalue weighted by Gasteiger charge is 2.19. The van der Waals surface area contributed by atoms with Crippen molar-refractivity contribution in [2.24, 2.45) is 0 Å². The summed E-state index contributed by atoms with van der Waals surface area (Å²) in [7, 11) is 5.98. The molecule has 10 nitrogen and oxygen atoms in total. The molecule has 3 N–H and O–H groups in total. The second kappa shape index (κ2) is 16.4. The van der Waals surface area contributed by atoms with Crippen LogP contribution in [-0.2, 0) is 9.59 Å². The fraction of sp³-hybridized carbons (Fsp3) is 0.171. The van der Waals surface area contributed by atoms with Crippen LogP contribution in [0.5, 0.6) is 23.0 Å². The van der Waals surface area contributed by atoms with Crippen molar-refractivity contribution in [3.05, 3.63) is 107 Å². The van der Waals surface area contributed by atoms with Gasteiger partial charge in [-0.3, -0.25) is 14.4 Å². The van der Waals surface area contributed by atoms with Crippen LogP contribution in [0.25, 0.3) is 6.08 Å². The number of amides is 3. The van der Waals surface area contributed by atoms with Gasteiger partial charge in [0.05, 0.1) is 39.4 Å². The Hall–Kier alpha value is -5.13. The number of nitrogens with one attached hydrogen (secondary N) is 3. The first-order chi connectivity index (χ1) is 22.6. The SMILES string of the molecule is COc1ccc(Cl)cc1NC(=O)C(C)Sc1ccc(NC(=O)/C(=C/c2cc(OC)c(OC)c(OC)c2)NC(=O)c2ccccc2)cc1. The zero-order valence-electron chi connectivity index (χ0n) is 26.4. The van der Waals surface area contributed by atoms with Crippen molar-refractivity contribution >= 4 is 58.5 Å². The molecule has 12 heteroatoms. The van der Waals surface area contributed by atoms with Crippen LogP contribution in [0.1, 0.15) is 22.8 Å². The Balaban J connectivity index is 1.51. The molecule has 244 valence electrons. The zero-order chi connectivity index (χ0) is 33.9. The molecule has 0 fully saturated rings. The summed E-state index contributed by atoms with van der Waals surface area (Å²) >= 11 is 7.42. The lowest BCUT2D eigenvalue weighted by atomic mass is 10.1. The monoisotopic (exact) mass is 675 g/mol. The summed E-state index contributed by atoms with van der Waals surface area (Å²) in [6.45, 7) is 1.78. The van der Waals surface area contributed by atoms with E-state index in [1.807, 2.05) is 0 Å². The average molecular weight is 676 g/mol. The molecule has 3 amide bonds. The normalized spacial score (nSPS) is 11.6. The highest BCUT2D eigenvalue weighted by atomic mass is 35.5. The van der Waals surface area contributed by atoms with E-state index >= 15 is 0 Å². The van der Waals surface area contributed by atoms with Gasteiger partial charge in [-0.25, -0.2) is 0 Å². The van der Waals surface area contributed by atoms with E-state index in [0.29, 0.717) is 50.5 Å². The lowest BCUT2D eigenvalue weighted by Gasteiger charge is -2.15. The Labute approximate surface area is 282 Å². The van der Waals surface area contributed by atoms with E-state index in [4.69, 9.17) is 30.5 Å². The van der Waals surface area contributed by atoms with Crippen molar-refractivity contribution in [2.75, 3.05) is 39.1 Å². The molecule has 1 unspecified atom stereocenters. The molecule has 1 atom stereocenters. The fourth-order valence-electron chi connectivity index (χ4n) is 4.38. The number of hydrogen-bond donors (Lipinski definition) is 3. The molecule has 0 saturated carbocycles. The van der Waals surface area contributed by atoms with Crippen LogP contribution >= 0.6 is 23.4 Å². The van der Waals surface area contributed by atoms with Gasteiger partial charge in [-0.05, 0) is 85.3 Å². The van der Waals surface area contributed by atoms with Crippen molar-refractivity contribution in [3.63, 3.8) is 0 Å². The summed E-state index contributed by atoms with van der Waals surface area (Å²) in [5.74, 6) is 0.396. The van der Waals surface area contributed by atoms with Crippen molar-refractivity contribution in [2.45, 2.75) is 17.1 Å². The van der Waals surface area contributed by atoms with Crippen LogP contribution in [0.4, 0.5) is 11.4 Å². The van der Waals surface area contributed by atoms with Gasteiger partial charge in [0.25, 0.3) is 11.8 Å². The van der Waals surface area contributed by atoms with Crippen LogP contribution in [0.2, 0.25) is 5.02 Å². The first-order valence-corrected chi connectivity index (χ1v) is 15.5. The van der Waals surface area contributed by atoms with E-state index in [1.165, 1.54) is 46.3 Å². The summed E-state index contributed by atoms with van der Waals surface area (Å²) in [5, 5.41) is 8.41. The van der Waals surface area contributed by atoms with Gasteiger partial charge < -0.3 is 34.9 Å². The number of halogens is 1. The van der Waals surface area contributed by atoms with E-state index < -0.39 is 17.1 Å². The minimum absolute atomic E-state index is 0.0201. The van der Waals surface area contributed by atoms with Crippen LogP contribution < -0.4 is 34.9 Å². The highest BCUT2D eigenvalue weighted by molar-refractivity contribution is 8.00. The van der Waals surface area contributed by atoms with E-state index in [9.17, 15) is 14.4 Å². The van der Waals surface area contributed by atoms with Crippen molar-refractivity contribution in [1.29, 1.82) is 0 Å². The van der Waals surface area contributed by atoms with Gasteiger partial charge in [0, 0.05) is 21.2 Å². The fourth-order valence-corrected chi connectivity index (χ4v) is 5.42. The van der Waals surface area contributed by atoms with Gasteiger partial charge in [-0.15, -0.1) is 11.8 Å². The maximum Gasteiger partial charge on any atom is 0.272 e. The third kappa shape index (κ3) is 9.21. The maximum atomic E-state index is 13.6. The average Bonchev–Trinajstić information content (AvgIpc) is 3.08. The second-order valence-electron chi connectivity index (χ2n) is 9.91. The van der Waals surface area contributed by atoms with E-state index in [1.54, 1.807) is 91.9 Å². The van der Waals surface area contributed by atoms with Crippen LogP contribution in [-0.4, -0.2) is 51.4 Å². The molecule has 4 aromatic carbocycles.